The number of nitrogens with one attached hydrogen (secondary N) is 2. The van der Waals surface area contributed by atoms with Gasteiger partial charge >= 0.3 is 6.03 Å². The number of hydrogen-bond acceptors (Lipinski definition) is 11. The van der Waals surface area contributed by atoms with Crippen LogP contribution in [-0.4, -0.2) is 127 Å². The molecule has 9 heterocycles. The van der Waals surface area contributed by atoms with Gasteiger partial charge in [0.1, 0.15) is 5.82 Å². The van der Waals surface area contributed by atoms with E-state index in [2.05, 4.69) is 37.2 Å². The number of carbonyl (C=O) groups is 5. The molecule has 3 aromatic heterocycles. The first-order valence-corrected chi connectivity index (χ1v) is 25.6. The summed E-state index contributed by atoms with van der Waals surface area (Å²) in [7, 11) is 1.72. The number of fused-ring (bicyclic) bond motifs is 2. The van der Waals surface area contributed by atoms with Gasteiger partial charge in [-0.3, -0.25) is 44.3 Å². The Bertz CT molecular complexity index is 3080. The zero-order valence-electron chi connectivity index (χ0n) is 40.6. The minimum Gasteiger partial charge on any atom is -0.370 e. The lowest BCUT2D eigenvalue weighted by Crippen LogP contribution is -2.61. The Balaban J connectivity index is 0.671. The van der Waals surface area contributed by atoms with Crippen molar-refractivity contribution in [1.29, 1.82) is 0 Å². The van der Waals surface area contributed by atoms with Crippen LogP contribution in [0.1, 0.15) is 76.7 Å². The smallest absolute Gasteiger partial charge is 0.329 e. The number of thiazole rings is 1. The minimum atomic E-state index is -3.13. The predicted molar refractivity (Wildman–Crippen MR) is 267 cm³/mol. The van der Waals surface area contributed by atoms with Gasteiger partial charge in [-0.15, -0.1) is 11.3 Å². The van der Waals surface area contributed by atoms with Gasteiger partial charge in [0.05, 0.1) is 31.7 Å². The fraction of sp³-hybridized carbons (Fsp3) is 0.423. The van der Waals surface area contributed by atoms with Crippen molar-refractivity contribution >= 4 is 63.7 Å². The third kappa shape index (κ3) is 8.99. The fourth-order valence-electron chi connectivity index (χ4n) is 11.5. The van der Waals surface area contributed by atoms with Crippen molar-refractivity contribution in [2.75, 3.05) is 67.5 Å². The molecular formula is C52H55F3N12O5S. The van der Waals surface area contributed by atoms with Crippen LogP contribution in [0.5, 0.6) is 0 Å². The van der Waals surface area contributed by atoms with E-state index in [4.69, 9.17) is 0 Å². The van der Waals surface area contributed by atoms with E-state index in [0.717, 1.165) is 62.3 Å². The third-order valence-electron chi connectivity index (χ3n) is 15.7. The highest BCUT2D eigenvalue weighted by Gasteiger charge is 2.48. The Morgan fingerprint density at radius 2 is 1.78 bits per heavy atom. The number of allylic oxidation sites excluding steroid dienone is 2. The number of carbonyl (C=O) groups excluding carboxylic acids is 5. The van der Waals surface area contributed by atoms with Crippen LogP contribution in [0.3, 0.4) is 0 Å². The van der Waals surface area contributed by atoms with Gasteiger partial charge in [0.2, 0.25) is 11.8 Å². The Labute approximate surface area is 423 Å². The van der Waals surface area contributed by atoms with Gasteiger partial charge in [-0.1, -0.05) is 24.8 Å². The van der Waals surface area contributed by atoms with E-state index in [0.29, 0.717) is 53.1 Å². The molecule has 0 radical (unpaired) electrons. The molecule has 1 unspecified atom stereocenters. The summed E-state index contributed by atoms with van der Waals surface area (Å²) in [6.07, 6.45) is 9.94. The van der Waals surface area contributed by atoms with E-state index in [1.807, 2.05) is 35.8 Å². The molecule has 6 amide bonds. The standard InChI is InChI=1S/C52H55F3N12O5S/c1-31(6-11-36-32(2)61(3)60-46(36)66-19-13-42(68)58-50(66)72)39-12-18-62(29-52(39,54)55)26-43(69)63-20-14-51(15-21-63)27-65(28-51)35-9-7-33(8-10-35)34-23-37-38(40(53)24-34)25-67(48(37)71)45(47(70)59-49-56-16-22-73-49)44-41-5-4-17-64(41)30-57-44/h6-11,16,22-24,30,39,45H,1,4-5,12-15,17-21,25-29H2,2-3H3,(H,56,59,70)(H,58,68,72)/b11-6-/t39-,45?/m1/s1. The lowest BCUT2D eigenvalue weighted by molar-refractivity contribution is -0.140. The summed E-state index contributed by atoms with van der Waals surface area (Å²) < 4.78 is 51.2. The first-order chi connectivity index (χ1) is 35.0. The Morgan fingerprint density at radius 1 is 1.00 bits per heavy atom. The van der Waals surface area contributed by atoms with Crippen molar-refractivity contribution in [3.05, 3.63) is 112 Å². The molecule has 1 spiro atoms. The van der Waals surface area contributed by atoms with Crippen molar-refractivity contribution < 1.29 is 37.1 Å². The summed E-state index contributed by atoms with van der Waals surface area (Å²) in [6, 6.07) is 9.29. The van der Waals surface area contributed by atoms with Crippen LogP contribution in [0.4, 0.5) is 34.6 Å². The molecule has 73 heavy (non-hydrogen) atoms. The van der Waals surface area contributed by atoms with Crippen LogP contribution >= 0.6 is 11.3 Å². The molecule has 4 fully saturated rings. The number of urea groups is 1. The number of aromatic nitrogens is 5. The van der Waals surface area contributed by atoms with E-state index in [-0.39, 0.29) is 66.4 Å². The van der Waals surface area contributed by atoms with Crippen LogP contribution < -0.4 is 20.4 Å². The average molecular weight is 1020 g/mol. The molecule has 2 N–H and O–H groups in total. The number of nitrogens with zero attached hydrogens (tertiary/aromatic N) is 10. The maximum absolute atomic E-state index is 16.0. The predicted octanol–water partition coefficient (Wildman–Crippen LogP) is 6.57. The highest BCUT2D eigenvalue weighted by atomic mass is 32.1. The van der Waals surface area contributed by atoms with Crippen molar-refractivity contribution in [1.82, 2.24) is 44.3 Å². The zero-order chi connectivity index (χ0) is 50.9. The number of anilines is 3. The number of hydrogen-bond donors (Lipinski definition) is 2. The van der Waals surface area contributed by atoms with Gasteiger partial charge < -0.3 is 19.3 Å². The lowest BCUT2D eigenvalue weighted by Gasteiger charge is -2.55. The average Bonchev–Trinajstić information content (AvgIpc) is 4.21. The molecule has 4 saturated heterocycles. The second-order valence-electron chi connectivity index (χ2n) is 20.2. The van der Waals surface area contributed by atoms with Crippen LogP contribution in [0.25, 0.3) is 17.2 Å². The molecule has 0 saturated carbocycles. The number of imidazole rings is 1. The summed E-state index contributed by atoms with van der Waals surface area (Å²) in [5.41, 5.74) is 5.69. The Hall–Kier alpha value is -7.13. The van der Waals surface area contributed by atoms with Crippen molar-refractivity contribution in [2.45, 2.75) is 70.5 Å². The number of halogens is 3. The first kappa shape index (κ1) is 48.2. The summed E-state index contributed by atoms with van der Waals surface area (Å²) in [6.45, 7) is 9.02. The fourth-order valence-corrected chi connectivity index (χ4v) is 12.0. The van der Waals surface area contributed by atoms with Gasteiger partial charge in [0.25, 0.3) is 17.7 Å². The van der Waals surface area contributed by atoms with Gasteiger partial charge in [-0.2, -0.15) is 5.10 Å². The van der Waals surface area contributed by atoms with E-state index >= 15 is 13.2 Å². The van der Waals surface area contributed by atoms with E-state index in [1.165, 1.54) is 32.1 Å². The number of aryl methyl sites for hydroxylation is 2. The molecule has 0 bridgehead atoms. The van der Waals surface area contributed by atoms with Crippen LogP contribution in [0.2, 0.25) is 0 Å². The second kappa shape index (κ2) is 18.7. The number of amides is 6. The quantitative estimate of drug-likeness (QED) is 0.130. The van der Waals surface area contributed by atoms with Gasteiger partial charge in [-0.25, -0.2) is 27.9 Å². The lowest BCUT2D eigenvalue weighted by atomic mass is 9.71. The van der Waals surface area contributed by atoms with E-state index < -0.39 is 48.1 Å². The molecule has 6 aliphatic heterocycles. The normalized spacial score (nSPS) is 20.9. The molecular weight excluding hydrogens is 962 g/mol. The Morgan fingerprint density at radius 3 is 2.51 bits per heavy atom. The maximum atomic E-state index is 16.0. The molecule has 17 nitrogen and oxygen atoms in total. The van der Waals surface area contributed by atoms with Gasteiger partial charge in [0, 0.05) is 109 Å². The molecule has 380 valence electrons. The van der Waals surface area contributed by atoms with Crippen molar-refractivity contribution in [2.24, 2.45) is 18.4 Å². The number of alkyl halides is 2. The molecule has 21 heteroatoms. The van der Waals surface area contributed by atoms with E-state index in [9.17, 15) is 24.0 Å². The molecule has 5 aromatic rings. The largest absolute Gasteiger partial charge is 0.370 e. The molecule has 2 aromatic carbocycles. The first-order valence-electron chi connectivity index (χ1n) is 24.7. The second-order valence-corrected chi connectivity index (χ2v) is 21.1. The highest BCUT2D eigenvalue weighted by molar-refractivity contribution is 7.13. The minimum absolute atomic E-state index is 0.0319. The number of rotatable bonds is 12. The highest BCUT2D eigenvalue weighted by Crippen LogP contribution is 2.44. The molecule has 0 aliphatic carbocycles. The molecule has 11 rings (SSSR count). The Kier molecular flexibility index (Phi) is 12.4. The number of benzene rings is 2. The van der Waals surface area contributed by atoms with Crippen LogP contribution in [0, 0.1) is 24.1 Å². The number of likely N-dealkylation sites (tertiary alicyclic amines) is 2. The summed E-state index contributed by atoms with van der Waals surface area (Å²) in [5, 5.41) is 11.7. The summed E-state index contributed by atoms with van der Waals surface area (Å²) in [4.78, 5) is 83.0. The SMILES string of the molecule is C=C(/C=C\c1c(N2CCC(=O)NC2=O)nn(C)c1C)[C@H]1CCN(CC(=O)N2CCC3(CC2)CN(c2ccc(-c4cc(F)c5c(c4)C(=O)N(C(C(=O)Nc4nccs4)c4ncn6c4CCC6)C5)cc2)C3)CC1(F)F. The number of imide groups is 1. The molecule has 2 atom stereocenters. The van der Waals surface area contributed by atoms with Gasteiger partial charge in [0.15, 0.2) is 17.0 Å². The van der Waals surface area contributed by atoms with Crippen LogP contribution in [0.15, 0.2) is 72.5 Å². The van der Waals surface area contributed by atoms with Gasteiger partial charge in [-0.05, 0) is 92.6 Å². The van der Waals surface area contributed by atoms with E-state index in [1.54, 1.807) is 52.8 Å². The zero-order valence-corrected chi connectivity index (χ0v) is 41.4. The topological polar surface area (TPSA) is 174 Å². The summed E-state index contributed by atoms with van der Waals surface area (Å²) >= 11 is 1.27. The van der Waals surface area contributed by atoms with Crippen molar-refractivity contribution in [3.8, 4) is 11.1 Å². The number of piperidine rings is 2. The summed E-state index contributed by atoms with van der Waals surface area (Å²) in [5.74, 6) is -5.89. The van der Waals surface area contributed by atoms with Crippen LogP contribution in [-0.2, 0) is 40.9 Å². The monoisotopic (exact) mass is 1020 g/mol. The molecule has 6 aliphatic rings. The third-order valence-corrected chi connectivity index (χ3v) is 16.4. The maximum Gasteiger partial charge on any atom is 0.329 e. The van der Waals surface area contributed by atoms with Crippen molar-refractivity contribution in [3.63, 3.8) is 0 Å².